The van der Waals surface area contributed by atoms with Gasteiger partial charge in [-0.2, -0.15) is 0 Å². The standard InChI is InChI=1S/C12H13N.C8H8O3/c13-9-8-11-6-3-5-10-4-1-2-7-12(10)11;9-7(8(10)11)6-4-2-1-3-5-6/h1-7H,8-9,13H2;1-5,7,9H,(H,10,11)/t;7-/m.0/s1. The van der Waals surface area contributed by atoms with Crippen molar-refractivity contribution in [3.8, 4) is 0 Å². The number of rotatable bonds is 4. The van der Waals surface area contributed by atoms with Gasteiger partial charge in [0.25, 0.3) is 0 Å². The second-order valence-electron chi connectivity index (χ2n) is 5.33. The first kappa shape index (κ1) is 17.7. The van der Waals surface area contributed by atoms with Crippen LogP contribution in [0.4, 0.5) is 0 Å². The van der Waals surface area contributed by atoms with Gasteiger partial charge in [-0.05, 0) is 34.9 Å². The molecule has 0 unspecified atom stereocenters. The Hall–Kier alpha value is -2.69. The highest BCUT2D eigenvalue weighted by Crippen LogP contribution is 2.18. The van der Waals surface area contributed by atoms with Crippen LogP contribution in [0.15, 0.2) is 72.8 Å². The van der Waals surface area contributed by atoms with Crippen molar-refractivity contribution in [1.82, 2.24) is 0 Å². The van der Waals surface area contributed by atoms with E-state index in [1.165, 1.54) is 16.3 Å². The molecule has 4 N–H and O–H groups in total. The summed E-state index contributed by atoms with van der Waals surface area (Å²) in [6.07, 6.45) is -0.447. The van der Waals surface area contributed by atoms with E-state index in [2.05, 4.69) is 42.5 Å². The molecule has 124 valence electrons. The molecule has 0 aromatic heterocycles. The number of hydrogen-bond acceptors (Lipinski definition) is 3. The summed E-state index contributed by atoms with van der Waals surface area (Å²) in [7, 11) is 0. The maximum absolute atomic E-state index is 10.2. The summed E-state index contributed by atoms with van der Waals surface area (Å²) in [5.74, 6) is -1.23. The van der Waals surface area contributed by atoms with E-state index < -0.39 is 12.1 Å². The number of aliphatic hydroxyl groups excluding tert-OH is 1. The van der Waals surface area contributed by atoms with Gasteiger partial charge in [0.15, 0.2) is 6.10 Å². The fraction of sp³-hybridized carbons (Fsp3) is 0.150. The fourth-order valence-electron chi connectivity index (χ4n) is 2.44. The van der Waals surface area contributed by atoms with Crippen molar-refractivity contribution in [3.05, 3.63) is 83.9 Å². The van der Waals surface area contributed by atoms with Gasteiger partial charge in [0.2, 0.25) is 0 Å². The molecule has 4 nitrogen and oxygen atoms in total. The van der Waals surface area contributed by atoms with Crippen LogP contribution < -0.4 is 5.73 Å². The van der Waals surface area contributed by atoms with Gasteiger partial charge < -0.3 is 15.9 Å². The SMILES string of the molecule is NCCc1cccc2ccccc12.O=C(O)[C@@H](O)c1ccccc1. The predicted octanol–water partition coefficient (Wildman–Crippen LogP) is 3.15. The van der Waals surface area contributed by atoms with Crippen molar-refractivity contribution >= 4 is 16.7 Å². The van der Waals surface area contributed by atoms with Crippen LogP contribution in [0.2, 0.25) is 0 Å². The van der Waals surface area contributed by atoms with E-state index in [0.29, 0.717) is 12.1 Å². The molecule has 3 aromatic carbocycles. The lowest BCUT2D eigenvalue weighted by molar-refractivity contribution is -0.146. The summed E-state index contributed by atoms with van der Waals surface area (Å²) in [5.41, 5.74) is 7.30. The Morgan fingerprint density at radius 1 is 0.917 bits per heavy atom. The Balaban J connectivity index is 0.000000177. The fourth-order valence-corrected chi connectivity index (χ4v) is 2.44. The Kier molecular flexibility index (Phi) is 6.49. The molecule has 0 radical (unpaired) electrons. The van der Waals surface area contributed by atoms with Gasteiger partial charge in [-0.1, -0.05) is 72.8 Å². The highest BCUT2D eigenvalue weighted by atomic mass is 16.4. The molecule has 0 saturated carbocycles. The van der Waals surface area contributed by atoms with Crippen LogP contribution >= 0.6 is 0 Å². The van der Waals surface area contributed by atoms with Gasteiger partial charge >= 0.3 is 5.97 Å². The molecule has 4 heteroatoms. The third-order valence-corrected chi connectivity index (χ3v) is 3.64. The van der Waals surface area contributed by atoms with Gasteiger partial charge in [0, 0.05) is 0 Å². The molecule has 0 aliphatic heterocycles. The number of carboxylic acids is 1. The normalized spacial score (nSPS) is 11.4. The summed E-state index contributed by atoms with van der Waals surface area (Å²) in [5, 5.41) is 20.0. The van der Waals surface area contributed by atoms with Gasteiger partial charge in [0.05, 0.1) is 0 Å². The Labute approximate surface area is 141 Å². The smallest absolute Gasteiger partial charge is 0.337 e. The molecule has 3 aromatic rings. The van der Waals surface area contributed by atoms with E-state index in [9.17, 15) is 4.79 Å². The van der Waals surface area contributed by atoms with E-state index in [0.717, 1.165) is 6.42 Å². The van der Waals surface area contributed by atoms with Crippen LogP contribution in [0.5, 0.6) is 0 Å². The third-order valence-electron chi connectivity index (χ3n) is 3.64. The van der Waals surface area contributed by atoms with Gasteiger partial charge in [-0.15, -0.1) is 0 Å². The molecule has 0 fully saturated rings. The highest BCUT2D eigenvalue weighted by Gasteiger charge is 2.14. The largest absolute Gasteiger partial charge is 0.479 e. The summed E-state index contributed by atoms with van der Waals surface area (Å²) < 4.78 is 0. The summed E-state index contributed by atoms with van der Waals surface area (Å²) in [4.78, 5) is 10.2. The summed E-state index contributed by atoms with van der Waals surface area (Å²) >= 11 is 0. The number of nitrogens with two attached hydrogens (primary N) is 1. The quantitative estimate of drug-likeness (QED) is 0.689. The van der Waals surface area contributed by atoms with Crippen LogP contribution in [-0.2, 0) is 11.2 Å². The first-order chi connectivity index (χ1) is 11.6. The first-order valence-electron chi connectivity index (χ1n) is 7.76. The molecule has 1 atom stereocenters. The Bertz CT molecular complexity index is 782. The topological polar surface area (TPSA) is 83.6 Å². The van der Waals surface area contributed by atoms with Gasteiger partial charge in [0.1, 0.15) is 0 Å². The van der Waals surface area contributed by atoms with Crippen LogP contribution in [0, 0.1) is 0 Å². The second-order valence-corrected chi connectivity index (χ2v) is 5.33. The van der Waals surface area contributed by atoms with Crippen molar-refractivity contribution < 1.29 is 15.0 Å². The zero-order valence-electron chi connectivity index (χ0n) is 13.3. The van der Waals surface area contributed by atoms with E-state index in [1.807, 2.05) is 0 Å². The molecule has 3 rings (SSSR count). The van der Waals surface area contributed by atoms with Gasteiger partial charge in [-0.25, -0.2) is 4.79 Å². The minimum absolute atomic E-state index is 0.403. The zero-order valence-corrected chi connectivity index (χ0v) is 13.3. The average molecular weight is 323 g/mol. The lowest BCUT2D eigenvalue weighted by Crippen LogP contribution is -2.09. The number of fused-ring (bicyclic) bond motifs is 1. The molecule has 0 aliphatic carbocycles. The molecule has 0 amide bonds. The van der Waals surface area contributed by atoms with Crippen LogP contribution in [-0.4, -0.2) is 22.7 Å². The minimum Gasteiger partial charge on any atom is -0.479 e. The van der Waals surface area contributed by atoms with Crippen LogP contribution in [0.3, 0.4) is 0 Å². The first-order valence-corrected chi connectivity index (χ1v) is 7.76. The number of benzene rings is 3. The van der Waals surface area contributed by atoms with Crippen molar-refractivity contribution in [3.63, 3.8) is 0 Å². The molecule has 0 aliphatic rings. The van der Waals surface area contributed by atoms with Crippen LogP contribution in [0.1, 0.15) is 17.2 Å². The van der Waals surface area contributed by atoms with E-state index in [4.69, 9.17) is 15.9 Å². The Morgan fingerprint density at radius 3 is 2.21 bits per heavy atom. The molecule has 0 heterocycles. The van der Waals surface area contributed by atoms with Gasteiger partial charge in [-0.3, -0.25) is 0 Å². The van der Waals surface area contributed by atoms with Crippen molar-refractivity contribution in [2.45, 2.75) is 12.5 Å². The molecule has 0 spiro atoms. The number of hydrogen-bond donors (Lipinski definition) is 3. The number of carbonyl (C=O) groups is 1. The molecule has 0 bridgehead atoms. The lowest BCUT2D eigenvalue weighted by atomic mass is 10.0. The molecular formula is C20H21NO3. The number of carboxylic acid groups (broad SMARTS) is 1. The van der Waals surface area contributed by atoms with E-state index in [-0.39, 0.29) is 0 Å². The van der Waals surface area contributed by atoms with Crippen molar-refractivity contribution in [2.75, 3.05) is 6.54 Å². The summed E-state index contributed by atoms with van der Waals surface area (Å²) in [6, 6.07) is 23.1. The number of aliphatic carboxylic acids is 1. The maximum atomic E-state index is 10.2. The maximum Gasteiger partial charge on any atom is 0.337 e. The zero-order chi connectivity index (χ0) is 17.4. The molecular weight excluding hydrogens is 302 g/mol. The summed E-state index contributed by atoms with van der Waals surface area (Å²) in [6.45, 7) is 0.716. The molecule has 0 saturated heterocycles. The second kappa shape index (κ2) is 8.82. The van der Waals surface area contributed by atoms with Crippen LogP contribution in [0.25, 0.3) is 10.8 Å². The predicted molar refractivity (Wildman–Crippen MR) is 95.7 cm³/mol. The van der Waals surface area contributed by atoms with E-state index >= 15 is 0 Å². The minimum atomic E-state index is -1.41. The third kappa shape index (κ3) is 4.65. The number of aliphatic hydroxyl groups is 1. The monoisotopic (exact) mass is 323 g/mol. The van der Waals surface area contributed by atoms with Crippen molar-refractivity contribution in [2.24, 2.45) is 5.73 Å². The average Bonchev–Trinajstić information content (AvgIpc) is 2.63. The highest BCUT2D eigenvalue weighted by molar-refractivity contribution is 5.85. The molecule has 24 heavy (non-hydrogen) atoms. The van der Waals surface area contributed by atoms with Crippen molar-refractivity contribution in [1.29, 1.82) is 0 Å². The Morgan fingerprint density at radius 2 is 1.54 bits per heavy atom. The lowest BCUT2D eigenvalue weighted by Gasteiger charge is -2.03. The van der Waals surface area contributed by atoms with E-state index in [1.54, 1.807) is 30.3 Å².